The number of carbonyl (C=O) groups is 1. The van der Waals surface area contributed by atoms with Crippen molar-refractivity contribution >= 4 is 41.2 Å². The van der Waals surface area contributed by atoms with Crippen LogP contribution in [0.25, 0.3) is 0 Å². The van der Waals surface area contributed by atoms with Gasteiger partial charge in [0, 0.05) is 3.57 Å². The standard InChI is InChI=1S/C12H11IN2O2S/c1-7(8-2-4-9(13)5-3-8)15-10(11(16)17)6-14-12(15)18/h2-7H,1H3,(H,14,18)(H,16,17). The van der Waals surface area contributed by atoms with Crippen LogP contribution in [0.1, 0.15) is 29.0 Å². The van der Waals surface area contributed by atoms with Crippen molar-refractivity contribution < 1.29 is 9.90 Å². The predicted molar refractivity (Wildman–Crippen MR) is 79.4 cm³/mol. The van der Waals surface area contributed by atoms with Gasteiger partial charge in [-0.05, 0) is 47.2 Å². The molecule has 94 valence electrons. The quantitative estimate of drug-likeness (QED) is 0.642. The number of halogens is 1. The zero-order valence-corrected chi connectivity index (χ0v) is 12.6. The Hall–Kier alpha value is -1.02. The average Bonchev–Trinajstić information content (AvgIpc) is 2.71. The molecule has 0 amide bonds. The van der Waals surface area contributed by atoms with Crippen LogP contribution in [-0.4, -0.2) is 20.6 Å². The van der Waals surface area contributed by atoms with Gasteiger partial charge in [-0.3, -0.25) is 0 Å². The van der Waals surface area contributed by atoms with E-state index in [0.717, 1.165) is 9.13 Å². The second-order valence-corrected chi connectivity index (χ2v) is 5.49. The van der Waals surface area contributed by atoms with Gasteiger partial charge in [0.1, 0.15) is 5.69 Å². The van der Waals surface area contributed by atoms with Crippen LogP contribution in [0.2, 0.25) is 0 Å². The summed E-state index contributed by atoms with van der Waals surface area (Å²) in [5.74, 6) is -1.000. The molecular weight excluding hydrogens is 363 g/mol. The number of benzene rings is 1. The molecule has 0 radical (unpaired) electrons. The van der Waals surface area contributed by atoms with Crippen LogP contribution in [0.5, 0.6) is 0 Å². The van der Waals surface area contributed by atoms with Crippen molar-refractivity contribution in [1.29, 1.82) is 0 Å². The summed E-state index contributed by atoms with van der Waals surface area (Å²) >= 11 is 6.44. The van der Waals surface area contributed by atoms with Gasteiger partial charge >= 0.3 is 5.97 Å². The van der Waals surface area contributed by atoms with Gasteiger partial charge in [0.2, 0.25) is 0 Å². The molecule has 1 heterocycles. The molecule has 2 aromatic rings. The Bertz CT molecular complexity index is 580. The number of aromatic carboxylic acids is 1. The summed E-state index contributed by atoms with van der Waals surface area (Å²) in [6, 6.07) is 7.81. The molecule has 18 heavy (non-hydrogen) atoms. The van der Waals surface area contributed by atoms with Crippen LogP contribution in [0.3, 0.4) is 0 Å². The molecule has 1 N–H and O–H groups in total. The van der Waals surface area contributed by atoms with E-state index < -0.39 is 5.97 Å². The molecule has 0 fully saturated rings. The van der Waals surface area contributed by atoms with Gasteiger partial charge in [-0.1, -0.05) is 12.1 Å². The van der Waals surface area contributed by atoms with Gasteiger partial charge in [-0.15, -0.1) is 12.6 Å². The van der Waals surface area contributed by atoms with E-state index in [0.29, 0.717) is 5.16 Å². The van der Waals surface area contributed by atoms with E-state index in [-0.39, 0.29) is 11.7 Å². The van der Waals surface area contributed by atoms with Crippen molar-refractivity contribution in [2.24, 2.45) is 0 Å². The lowest BCUT2D eigenvalue weighted by Crippen LogP contribution is -2.14. The van der Waals surface area contributed by atoms with E-state index in [4.69, 9.17) is 5.11 Å². The molecule has 0 saturated carbocycles. The number of hydrogen-bond acceptors (Lipinski definition) is 3. The minimum atomic E-state index is -1.000. The van der Waals surface area contributed by atoms with Crippen LogP contribution < -0.4 is 0 Å². The SMILES string of the molecule is CC(c1ccc(I)cc1)n1c(C(=O)O)cnc1S. The van der Waals surface area contributed by atoms with Crippen molar-refractivity contribution in [3.8, 4) is 0 Å². The first-order valence-electron chi connectivity index (χ1n) is 5.25. The smallest absolute Gasteiger partial charge is 0.354 e. The fourth-order valence-corrected chi connectivity index (χ4v) is 2.48. The number of nitrogens with zero attached hydrogens (tertiary/aromatic N) is 2. The summed E-state index contributed by atoms with van der Waals surface area (Å²) in [5, 5.41) is 9.52. The Morgan fingerprint density at radius 1 is 1.44 bits per heavy atom. The van der Waals surface area contributed by atoms with E-state index >= 15 is 0 Å². The summed E-state index contributed by atoms with van der Waals surface area (Å²) in [7, 11) is 0. The lowest BCUT2D eigenvalue weighted by molar-refractivity contribution is 0.0683. The second kappa shape index (κ2) is 5.31. The summed E-state index contributed by atoms with van der Waals surface area (Å²) in [4.78, 5) is 15.1. The monoisotopic (exact) mass is 374 g/mol. The van der Waals surface area contributed by atoms with E-state index in [1.54, 1.807) is 4.57 Å². The van der Waals surface area contributed by atoms with Crippen molar-refractivity contribution in [3.63, 3.8) is 0 Å². The summed E-state index contributed by atoms with van der Waals surface area (Å²) in [6.45, 7) is 1.93. The van der Waals surface area contributed by atoms with Gasteiger partial charge in [-0.25, -0.2) is 9.78 Å². The number of hydrogen-bond donors (Lipinski definition) is 2. The van der Waals surface area contributed by atoms with Crippen LogP contribution in [0, 0.1) is 3.57 Å². The summed E-state index contributed by atoms with van der Waals surface area (Å²) in [6.07, 6.45) is 1.33. The minimum Gasteiger partial charge on any atom is -0.477 e. The molecule has 1 unspecified atom stereocenters. The zero-order chi connectivity index (χ0) is 13.3. The predicted octanol–water partition coefficient (Wildman–Crippen LogP) is 3.08. The normalized spacial score (nSPS) is 12.4. The maximum absolute atomic E-state index is 11.1. The number of rotatable bonds is 3. The molecule has 2 rings (SSSR count). The molecule has 6 heteroatoms. The highest BCUT2D eigenvalue weighted by Gasteiger charge is 2.19. The Labute approximate surface area is 124 Å². The minimum absolute atomic E-state index is 0.122. The molecule has 0 aliphatic rings. The van der Waals surface area contributed by atoms with Gasteiger partial charge in [0.25, 0.3) is 0 Å². The molecule has 1 atom stereocenters. The van der Waals surface area contributed by atoms with E-state index in [1.165, 1.54) is 6.20 Å². The molecule has 1 aromatic carbocycles. The number of thiol groups is 1. The third-order valence-corrected chi connectivity index (χ3v) is 3.79. The largest absolute Gasteiger partial charge is 0.477 e. The fourth-order valence-electron chi connectivity index (χ4n) is 1.78. The Balaban J connectivity index is 2.45. The van der Waals surface area contributed by atoms with Crippen molar-refractivity contribution in [2.45, 2.75) is 18.1 Å². The lowest BCUT2D eigenvalue weighted by Gasteiger charge is -2.17. The van der Waals surface area contributed by atoms with E-state index in [2.05, 4.69) is 40.2 Å². The highest BCUT2D eigenvalue weighted by molar-refractivity contribution is 14.1. The molecule has 0 saturated heterocycles. The number of imidazole rings is 1. The van der Waals surface area contributed by atoms with E-state index in [1.807, 2.05) is 31.2 Å². The van der Waals surface area contributed by atoms with Gasteiger partial charge < -0.3 is 9.67 Å². The highest BCUT2D eigenvalue weighted by Crippen LogP contribution is 2.24. The number of carboxylic acids is 1. The third kappa shape index (κ3) is 2.54. The van der Waals surface area contributed by atoms with Crippen molar-refractivity contribution in [2.75, 3.05) is 0 Å². The van der Waals surface area contributed by atoms with Crippen LogP contribution in [0.15, 0.2) is 35.6 Å². The molecule has 1 aromatic heterocycles. The average molecular weight is 374 g/mol. The third-order valence-electron chi connectivity index (χ3n) is 2.74. The number of aromatic nitrogens is 2. The van der Waals surface area contributed by atoms with Crippen molar-refractivity contribution in [1.82, 2.24) is 9.55 Å². The van der Waals surface area contributed by atoms with Crippen LogP contribution in [0.4, 0.5) is 0 Å². The van der Waals surface area contributed by atoms with Gasteiger partial charge in [0.05, 0.1) is 12.2 Å². The van der Waals surface area contributed by atoms with Gasteiger partial charge in [0.15, 0.2) is 5.16 Å². The van der Waals surface area contributed by atoms with Crippen molar-refractivity contribution in [3.05, 3.63) is 45.3 Å². The first-order valence-corrected chi connectivity index (χ1v) is 6.78. The second-order valence-electron chi connectivity index (χ2n) is 3.85. The molecule has 0 spiro atoms. The molecule has 4 nitrogen and oxygen atoms in total. The first-order chi connectivity index (χ1) is 8.50. The molecular formula is C12H11IN2O2S. The Morgan fingerprint density at radius 3 is 2.61 bits per heavy atom. The lowest BCUT2D eigenvalue weighted by atomic mass is 10.1. The topological polar surface area (TPSA) is 55.1 Å². The summed E-state index contributed by atoms with van der Waals surface area (Å²) < 4.78 is 2.74. The van der Waals surface area contributed by atoms with Crippen LogP contribution in [-0.2, 0) is 0 Å². The highest BCUT2D eigenvalue weighted by atomic mass is 127. The Morgan fingerprint density at radius 2 is 2.06 bits per heavy atom. The molecule has 0 aliphatic heterocycles. The maximum atomic E-state index is 11.1. The zero-order valence-electron chi connectivity index (χ0n) is 9.54. The fraction of sp³-hybridized carbons (Fsp3) is 0.167. The Kier molecular flexibility index (Phi) is 3.96. The molecule has 0 aliphatic carbocycles. The first kappa shape index (κ1) is 13.4. The molecule has 0 bridgehead atoms. The summed E-state index contributed by atoms with van der Waals surface area (Å²) in [5.41, 5.74) is 1.16. The van der Waals surface area contributed by atoms with E-state index in [9.17, 15) is 4.79 Å². The maximum Gasteiger partial charge on any atom is 0.354 e. The van der Waals surface area contributed by atoms with Crippen LogP contribution >= 0.6 is 35.2 Å². The van der Waals surface area contributed by atoms with Gasteiger partial charge in [-0.2, -0.15) is 0 Å². The number of carboxylic acid groups (broad SMARTS) is 1.